The summed E-state index contributed by atoms with van der Waals surface area (Å²) < 4.78 is 0. The smallest absolute Gasteiger partial charge is 0.156 e. The lowest BCUT2D eigenvalue weighted by Gasteiger charge is -2.15. The van der Waals surface area contributed by atoms with Gasteiger partial charge in [0.15, 0.2) is 5.15 Å². The molecule has 0 aliphatic carbocycles. The summed E-state index contributed by atoms with van der Waals surface area (Å²) in [5.41, 5.74) is 1.81. The largest absolute Gasteiger partial charge is 0.374 e. The van der Waals surface area contributed by atoms with Crippen molar-refractivity contribution in [1.82, 2.24) is 9.97 Å². The number of aryl methyl sites for hydroxylation is 2. The van der Waals surface area contributed by atoms with Crippen molar-refractivity contribution in [2.75, 3.05) is 19.0 Å². The molecular weight excluding hydrogens is 174 g/mol. The molecule has 66 valence electrons. The van der Waals surface area contributed by atoms with Gasteiger partial charge in [0.1, 0.15) is 5.82 Å². The summed E-state index contributed by atoms with van der Waals surface area (Å²) in [6.45, 7) is 3.76. The van der Waals surface area contributed by atoms with Gasteiger partial charge in [-0.1, -0.05) is 11.6 Å². The molecule has 0 radical (unpaired) electrons. The number of halogens is 1. The van der Waals surface area contributed by atoms with Gasteiger partial charge >= 0.3 is 0 Å². The van der Waals surface area contributed by atoms with E-state index >= 15 is 0 Å². The second-order valence-corrected chi connectivity index (χ2v) is 3.25. The van der Waals surface area contributed by atoms with Crippen molar-refractivity contribution < 1.29 is 0 Å². The molecule has 0 aromatic carbocycles. The molecule has 0 atom stereocenters. The third-order valence-corrected chi connectivity index (χ3v) is 1.84. The quantitative estimate of drug-likeness (QED) is 0.625. The first-order valence-corrected chi connectivity index (χ1v) is 4.08. The Morgan fingerprint density at radius 1 is 1.17 bits per heavy atom. The number of hydrogen-bond acceptors (Lipinski definition) is 3. The highest BCUT2D eigenvalue weighted by Gasteiger charge is 2.09. The van der Waals surface area contributed by atoms with Gasteiger partial charge in [0, 0.05) is 14.1 Å². The van der Waals surface area contributed by atoms with Crippen LogP contribution >= 0.6 is 11.6 Å². The van der Waals surface area contributed by atoms with E-state index in [9.17, 15) is 0 Å². The number of rotatable bonds is 1. The lowest BCUT2D eigenvalue weighted by atomic mass is 10.3. The van der Waals surface area contributed by atoms with Gasteiger partial charge in [-0.3, -0.25) is 0 Å². The van der Waals surface area contributed by atoms with Crippen LogP contribution in [0.25, 0.3) is 0 Å². The SMILES string of the molecule is Cc1nc(C)c(N(C)C)c(Cl)n1. The van der Waals surface area contributed by atoms with E-state index in [0.29, 0.717) is 11.0 Å². The highest BCUT2D eigenvalue weighted by atomic mass is 35.5. The molecule has 1 rings (SSSR count). The van der Waals surface area contributed by atoms with Crippen LogP contribution in [0.1, 0.15) is 11.5 Å². The lowest BCUT2D eigenvalue weighted by Crippen LogP contribution is -2.13. The molecule has 4 heteroatoms. The van der Waals surface area contributed by atoms with E-state index in [2.05, 4.69) is 9.97 Å². The lowest BCUT2D eigenvalue weighted by molar-refractivity contribution is 0.976. The van der Waals surface area contributed by atoms with Crippen LogP contribution in [0.4, 0.5) is 5.69 Å². The molecule has 0 N–H and O–H groups in total. The first kappa shape index (κ1) is 9.26. The summed E-state index contributed by atoms with van der Waals surface area (Å²) in [6, 6.07) is 0. The number of hydrogen-bond donors (Lipinski definition) is 0. The van der Waals surface area contributed by atoms with E-state index in [4.69, 9.17) is 11.6 Å². The molecule has 1 heterocycles. The Kier molecular flexibility index (Phi) is 2.52. The minimum Gasteiger partial charge on any atom is -0.374 e. The third kappa shape index (κ3) is 1.67. The molecule has 0 saturated heterocycles. The Bertz CT molecular complexity index is 273. The topological polar surface area (TPSA) is 29.0 Å². The van der Waals surface area contributed by atoms with Crippen LogP contribution in [-0.2, 0) is 0 Å². The molecule has 0 spiro atoms. The summed E-state index contributed by atoms with van der Waals surface area (Å²) in [5.74, 6) is 0.711. The van der Waals surface area contributed by atoms with Crippen molar-refractivity contribution >= 4 is 17.3 Å². The Labute approximate surface area is 77.4 Å². The first-order valence-electron chi connectivity index (χ1n) is 3.70. The van der Waals surface area contributed by atoms with E-state index < -0.39 is 0 Å². The molecule has 0 unspecified atom stereocenters. The van der Waals surface area contributed by atoms with Crippen LogP contribution in [-0.4, -0.2) is 24.1 Å². The van der Waals surface area contributed by atoms with Crippen LogP contribution in [0.2, 0.25) is 5.15 Å². The van der Waals surface area contributed by atoms with Crippen molar-refractivity contribution in [3.63, 3.8) is 0 Å². The average molecular weight is 186 g/mol. The highest BCUT2D eigenvalue weighted by Crippen LogP contribution is 2.24. The van der Waals surface area contributed by atoms with Crippen LogP contribution < -0.4 is 4.90 Å². The van der Waals surface area contributed by atoms with Crippen molar-refractivity contribution in [3.8, 4) is 0 Å². The van der Waals surface area contributed by atoms with Crippen molar-refractivity contribution in [1.29, 1.82) is 0 Å². The zero-order valence-corrected chi connectivity index (χ0v) is 8.48. The van der Waals surface area contributed by atoms with Crippen molar-refractivity contribution in [2.45, 2.75) is 13.8 Å². The number of anilines is 1. The maximum atomic E-state index is 5.94. The van der Waals surface area contributed by atoms with E-state index in [1.54, 1.807) is 0 Å². The molecule has 0 aliphatic rings. The molecule has 0 amide bonds. The summed E-state index contributed by atoms with van der Waals surface area (Å²) in [6.07, 6.45) is 0. The maximum absolute atomic E-state index is 5.94. The summed E-state index contributed by atoms with van der Waals surface area (Å²) >= 11 is 5.94. The van der Waals surface area contributed by atoms with Gasteiger partial charge in [0.25, 0.3) is 0 Å². The van der Waals surface area contributed by atoms with Gasteiger partial charge in [0.2, 0.25) is 0 Å². The normalized spacial score (nSPS) is 10.1. The average Bonchev–Trinajstić information content (AvgIpc) is 1.82. The zero-order chi connectivity index (χ0) is 9.30. The molecule has 0 bridgehead atoms. The highest BCUT2D eigenvalue weighted by molar-refractivity contribution is 6.32. The van der Waals surface area contributed by atoms with E-state index in [-0.39, 0.29) is 0 Å². The Morgan fingerprint density at radius 3 is 2.17 bits per heavy atom. The Balaban J connectivity index is 3.28. The fourth-order valence-electron chi connectivity index (χ4n) is 1.17. The van der Waals surface area contributed by atoms with Crippen molar-refractivity contribution in [2.24, 2.45) is 0 Å². The molecule has 0 saturated carbocycles. The van der Waals surface area contributed by atoms with E-state index in [1.165, 1.54) is 0 Å². The molecule has 12 heavy (non-hydrogen) atoms. The van der Waals surface area contributed by atoms with Crippen LogP contribution in [0.5, 0.6) is 0 Å². The van der Waals surface area contributed by atoms with E-state index in [0.717, 1.165) is 11.4 Å². The van der Waals surface area contributed by atoms with Gasteiger partial charge in [0.05, 0.1) is 11.4 Å². The fraction of sp³-hybridized carbons (Fsp3) is 0.500. The molecule has 0 aliphatic heterocycles. The monoisotopic (exact) mass is 185 g/mol. The molecular formula is C8H12ClN3. The van der Waals surface area contributed by atoms with Gasteiger partial charge < -0.3 is 4.90 Å². The van der Waals surface area contributed by atoms with Gasteiger partial charge in [-0.15, -0.1) is 0 Å². The maximum Gasteiger partial charge on any atom is 0.156 e. The van der Waals surface area contributed by atoms with Crippen molar-refractivity contribution in [3.05, 3.63) is 16.7 Å². The van der Waals surface area contributed by atoms with Crippen LogP contribution in [0, 0.1) is 13.8 Å². The Morgan fingerprint density at radius 2 is 1.75 bits per heavy atom. The standard InChI is InChI=1S/C8H12ClN3/c1-5-7(12(3)4)8(9)11-6(2)10-5/h1-4H3. The van der Waals surface area contributed by atoms with Gasteiger partial charge in [-0.25, -0.2) is 9.97 Å². The fourth-order valence-corrected chi connectivity index (χ4v) is 1.60. The predicted octanol–water partition coefficient (Wildman–Crippen LogP) is 1.81. The number of nitrogens with zero attached hydrogens (tertiary/aromatic N) is 3. The van der Waals surface area contributed by atoms with Gasteiger partial charge in [-0.2, -0.15) is 0 Å². The predicted molar refractivity (Wildman–Crippen MR) is 50.8 cm³/mol. The minimum atomic E-state index is 0.519. The summed E-state index contributed by atoms with van der Waals surface area (Å²) in [5, 5.41) is 0.519. The number of aromatic nitrogens is 2. The molecule has 1 aromatic rings. The zero-order valence-electron chi connectivity index (χ0n) is 7.72. The third-order valence-electron chi connectivity index (χ3n) is 1.57. The first-order chi connectivity index (χ1) is 5.52. The van der Waals surface area contributed by atoms with Crippen LogP contribution in [0.3, 0.4) is 0 Å². The van der Waals surface area contributed by atoms with Gasteiger partial charge in [-0.05, 0) is 13.8 Å². The van der Waals surface area contributed by atoms with E-state index in [1.807, 2.05) is 32.8 Å². The Hall–Kier alpha value is -0.830. The molecule has 1 aromatic heterocycles. The summed E-state index contributed by atoms with van der Waals surface area (Å²) in [4.78, 5) is 10.2. The second kappa shape index (κ2) is 3.27. The second-order valence-electron chi connectivity index (χ2n) is 2.89. The minimum absolute atomic E-state index is 0.519. The molecule has 0 fully saturated rings. The summed E-state index contributed by atoms with van der Waals surface area (Å²) in [7, 11) is 3.85. The molecule has 3 nitrogen and oxygen atoms in total. The van der Waals surface area contributed by atoms with Crippen LogP contribution in [0.15, 0.2) is 0 Å².